The van der Waals surface area contributed by atoms with Crippen LogP contribution in [0, 0.1) is 0 Å². The first-order valence-corrected chi connectivity index (χ1v) is 6.61. The topological polar surface area (TPSA) is 37.4 Å². The van der Waals surface area contributed by atoms with Gasteiger partial charge in [0.1, 0.15) is 0 Å². The second-order valence-corrected chi connectivity index (χ2v) is 5.29. The molecule has 1 aliphatic heterocycles. The van der Waals surface area contributed by atoms with Crippen molar-refractivity contribution in [1.29, 1.82) is 0 Å². The normalized spacial score (nSPS) is 23.2. The standard InChI is InChI=1S/C15H17NO2/c1-3-9(2)16-12-6-4-5-11-13(17)7-10(15(11)12)8-14(16)18/h4-6,9-10H,3,7-8H2,1-2H3. The molecule has 1 aromatic carbocycles. The molecule has 0 saturated carbocycles. The molecule has 0 fully saturated rings. The fourth-order valence-corrected chi connectivity index (χ4v) is 3.15. The van der Waals surface area contributed by atoms with Crippen molar-refractivity contribution in [3.63, 3.8) is 0 Å². The van der Waals surface area contributed by atoms with Crippen LogP contribution in [0.1, 0.15) is 54.9 Å². The highest BCUT2D eigenvalue weighted by Crippen LogP contribution is 2.46. The van der Waals surface area contributed by atoms with E-state index in [1.807, 2.05) is 23.1 Å². The first-order valence-electron chi connectivity index (χ1n) is 6.61. The van der Waals surface area contributed by atoms with Gasteiger partial charge >= 0.3 is 0 Å². The minimum absolute atomic E-state index is 0.122. The van der Waals surface area contributed by atoms with Gasteiger partial charge in [-0.05, 0) is 25.0 Å². The zero-order valence-electron chi connectivity index (χ0n) is 10.8. The van der Waals surface area contributed by atoms with Crippen LogP contribution in [0.25, 0.3) is 0 Å². The highest BCUT2D eigenvalue weighted by molar-refractivity contribution is 6.08. The van der Waals surface area contributed by atoms with Crippen LogP contribution in [0.5, 0.6) is 0 Å². The summed E-state index contributed by atoms with van der Waals surface area (Å²) in [5.41, 5.74) is 2.91. The average molecular weight is 243 g/mol. The number of nitrogens with zero attached hydrogens (tertiary/aromatic N) is 1. The van der Waals surface area contributed by atoms with E-state index in [2.05, 4.69) is 13.8 Å². The Bertz CT molecular complexity index is 535. The van der Waals surface area contributed by atoms with E-state index in [0.717, 1.165) is 23.2 Å². The number of carbonyl (C=O) groups is 2. The van der Waals surface area contributed by atoms with E-state index in [4.69, 9.17) is 0 Å². The lowest BCUT2D eigenvalue weighted by molar-refractivity contribution is -0.119. The SMILES string of the molecule is CCC(C)N1C(=O)CC2CC(=O)c3cccc1c32. The summed E-state index contributed by atoms with van der Waals surface area (Å²) in [6.07, 6.45) is 1.92. The Morgan fingerprint density at radius 2 is 2.11 bits per heavy atom. The maximum absolute atomic E-state index is 12.3. The third-order valence-electron chi connectivity index (χ3n) is 4.20. The van der Waals surface area contributed by atoms with Gasteiger partial charge < -0.3 is 4.90 Å². The molecule has 0 spiro atoms. The zero-order valence-corrected chi connectivity index (χ0v) is 10.8. The van der Waals surface area contributed by atoms with Crippen molar-refractivity contribution in [2.45, 2.75) is 45.1 Å². The molecular formula is C15H17NO2. The lowest BCUT2D eigenvalue weighted by Crippen LogP contribution is -2.42. The number of hydrogen-bond acceptors (Lipinski definition) is 2. The summed E-state index contributed by atoms with van der Waals surface area (Å²) in [6.45, 7) is 4.15. The molecule has 3 rings (SSSR count). The predicted octanol–water partition coefficient (Wildman–Crippen LogP) is 2.89. The Hall–Kier alpha value is -1.64. The summed E-state index contributed by atoms with van der Waals surface area (Å²) in [5, 5.41) is 0. The van der Waals surface area contributed by atoms with Crippen molar-refractivity contribution in [2.75, 3.05) is 4.90 Å². The molecule has 18 heavy (non-hydrogen) atoms. The highest BCUT2D eigenvalue weighted by Gasteiger charge is 2.40. The fourth-order valence-electron chi connectivity index (χ4n) is 3.15. The van der Waals surface area contributed by atoms with E-state index in [1.54, 1.807) is 0 Å². The smallest absolute Gasteiger partial charge is 0.227 e. The molecule has 0 aromatic heterocycles. The average Bonchev–Trinajstić information content (AvgIpc) is 2.67. The van der Waals surface area contributed by atoms with Crippen molar-refractivity contribution in [2.24, 2.45) is 0 Å². The van der Waals surface area contributed by atoms with Gasteiger partial charge in [0.2, 0.25) is 5.91 Å². The number of Topliss-reactive ketones (excluding diaryl/α,β-unsaturated/α-hetero) is 1. The van der Waals surface area contributed by atoms with Crippen LogP contribution in [-0.4, -0.2) is 17.7 Å². The minimum atomic E-state index is 0.122. The molecule has 0 saturated heterocycles. The summed E-state index contributed by atoms with van der Waals surface area (Å²) in [5.74, 6) is 0.473. The molecule has 0 radical (unpaired) electrons. The number of ketones is 1. The van der Waals surface area contributed by atoms with Gasteiger partial charge in [-0.3, -0.25) is 9.59 Å². The Labute approximate surface area is 107 Å². The van der Waals surface area contributed by atoms with Crippen molar-refractivity contribution in [3.8, 4) is 0 Å². The van der Waals surface area contributed by atoms with Gasteiger partial charge in [-0.2, -0.15) is 0 Å². The molecule has 1 aliphatic carbocycles. The predicted molar refractivity (Wildman–Crippen MR) is 70.0 cm³/mol. The maximum atomic E-state index is 12.3. The molecule has 2 aliphatic rings. The molecule has 1 amide bonds. The number of carbonyl (C=O) groups excluding carboxylic acids is 2. The van der Waals surface area contributed by atoms with Crippen molar-refractivity contribution in [1.82, 2.24) is 0 Å². The number of hydrogen-bond donors (Lipinski definition) is 0. The second-order valence-electron chi connectivity index (χ2n) is 5.29. The monoisotopic (exact) mass is 243 g/mol. The van der Waals surface area contributed by atoms with Crippen molar-refractivity contribution < 1.29 is 9.59 Å². The van der Waals surface area contributed by atoms with Crippen LogP contribution < -0.4 is 4.90 Å². The van der Waals surface area contributed by atoms with E-state index in [9.17, 15) is 9.59 Å². The summed E-state index contributed by atoms with van der Waals surface area (Å²) in [6, 6.07) is 5.96. The van der Waals surface area contributed by atoms with Gasteiger partial charge in [0.25, 0.3) is 0 Å². The van der Waals surface area contributed by atoms with E-state index in [-0.39, 0.29) is 23.7 Å². The first kappa shape index (κ1) is 11.5. The molecule has 3 nitrogen and oxygen atoms in total. The molecule has 0 N–H and O–H groups in total. The Balaban J connectivity index is 2.17. The Morgan fingerprint density at radius 1 is 1.33 bits per heavy atom. The van der Waals surface area contributed by atoms with Gasteiger partial charge in [-0.15, -0.1) is 0 Å². The number of benzene rings is 1. The summed E-state index contributed by atoms with van der Waals surface area (Å²) in [4.78, 5) is 26.1. The number of anilines is 1. The first-order chi connectivity index (χ1) is 8.63. The minimum Gasteiger partial charge on any atom is -0.309 e. The van der Waals surface area contributed by atoms with E-state index >= 15 is 0 Å². The van der Waals surface area contributed by atoms with Gasteiger partial charge in [0.15, 0.2) is 5.78 Å². The Morgan fingerprint density at radius 3 is 2.83 bits per heavy atom. The fraction of sp³-hybridized carbons (Fsp3) is 0.467. The van der Waals surface area contributed by atoms with Crippen LogP contribution in [0.15, 0.2) is 18.2 Å². The molecule has 1 aromatic rings. The van der Waals surface area contributed by atoms with Gasteiger partial charge in [-0.1, -0.05) is 19.1 Å². The van der Waals surface area contributed by atoms with Crippen LogP contribution in [0.4, 0.5) is 5.69 Å². The molecule has 0 bridgehead atoms. The van der Waals surface area contributed by atoms with Gasteiger partial charge in [-0.25, -0.2) is 0 Å². The van der Waals surface area contributed by atoms with Gasteiger partial charge in [0.05, 0.1) is 0 Å². The zero-order chi connectivity index (χ0) is 12.9. The maximum Gasteiger partial charge on any atom is 0.227 e. The number of amides is 1. The summed E-state index contributed by atoms with van der Waals surface area (Å²) < 4.78 is 0. The Kier molecular flexibility index (Phi) is 2.51. The molecule has 1 heterocycles. The highest BCUT2D eigenvalue weighted by atomic mass is 16.2. The number of rotatable bonds is 2. The molecule has 3 heteroatoms. The van der Waals surface area contributed by atoms with E-state index in [0.29, 0.717) is 12.8 Å². The van der Waals surface area contributed by atoms with Gasteiger partial charge in [0, 0.05) is 36.1 Å². The third kappa shape index (κ3) is 1.43. The van der Waals surface area contributed by atoms with Crippen LogP contribution in [-0.2, 0) is 4.79 Å². The largest absolute Gasteiger partial charge is 0.309 e. The molecule has 2 atom stereocenters. The third-order valence-corrected chi connectivity index (χ3v) is 4.20. The van der Waals surface area contributed by atoms with E-state index < -0.39 is 0 Å². The quantitative estimate of drug-likeness (QED) is 0.801. The van der Waals surface area contributed by atoms with Crippen LogP contribution in [0.2, 0.25) is 0 Å². The lowest BCUT2D eigenvalue weighted by Gasteiger charge is -2.36. The van der Waals surface area contributed by atoms with Crippen LogP contribution >= 0.6 is 0 Å². The molecule has 2 unspecified atom stereocenters. The van der Waals surface area contributed by atoms with Crippen molar-refractivity contribution >= 4 is 17.4 Å². The lowest BCUT2D eigenvalue weighted by atomic mass is 9.90. The van der Waals surface area contributed by atoms with Crippen molar-refractivity contribution in [3.05, 3.63) is 29.3 Å². The molecular weight excluding hydrogens is 226 g/mol. The summed E-state index contributed by atoms with van der Waals surface area (Å²) >= 11 is 0. The van der Waals surface area contributed by atoms with E-state index in [1.165, 1.54) is 0 Å². The molecule has 94 valence electrons. The van der Waals surface area contributed by atoms with Crippen LogP contribution in [0.3, 0.4) is 0 Å². The summed E-state index contributed by atoms with van der Waals surface area (Å²) in [7, 11) is 0. The second kappa shape index (κ2) is 3.94.